The first kappa shape index (κ1) is 20.2. The van der Waals surface area contributed by atoms with Crippen LogP contribution in [0.4, 0.5) is 0 Å². The van der Waals surface area contributed by atoms with Crippen LogP contribution in [0.2, 0.25) is 0 Å². The minimum atomic E-state index is -1.44. The number of hydrogen-bond donors (Lipinski definition) is 0. The first-order valence-electron chi connectivity index (χ1n) is 8.71. The van der Waals surface area contributed by atoms with Crippen molar-refractivity contribution in [3.05, 3.63) is 35.9 Å². The van der Waals surface area contributed by atoms with Gasteiger partial charge in [-0.25, -0.2) is 14.4 Å². The molecule has 4 atom stereocenters. The number of esters is 3. The Bertz CT molecular complexity index is 760. The summed E-state index contributed by atoms with van der Waals surface area (Å²) >= 11 is 0. The molecule has 0 aromatic heterocycles. The average Bonchev–Trinajstić information content (AvgIpc) is 3.10. The second-order valence-electron chi connectivity index (χ2n) is 7.08. The highest BCUT2D eigenvalue weighted by molar-refractivity contribution is 6.29. The van der Waals surface area contributed by atoms with Gasteiger partial charge in [0.2, 0.25) is 0 Å². The zero-order valence-corrected chi connectivity index (χ0v) is 16.0. The molecule has 0 amide bonds. The van der Waals surface area contributed by atoms with Crippen molar-refractivity contribution >= 4 is 17.9 Å². The van der Waals surface area contributed by atoms with Gasteiger partial charge < -0.3 is 28.4 Å². The molecule has 0 N–H and O–H groups in total. The Morgan fingerprint density at radius 1 is 1.04 bits per heavy atom. The maximum atomic E-state index is 12.2. The van der Waals surface area contributed by atoms with Crippen LogP contribution in [0.1, 0.15) is 31.1 Å². The van der Waals surface area contributed by atoms with Crippen LogP contribution in [0, 0.1) is 0 Å². The van der Waals surface area contributed by atoms with Crippen molar-refractivity contribution in [3.63, 3.8) is 0 Å². The summed E-state index contributed by atoms with van der Waals surface area (Å²) in [4.78, 5) is 35.8. The van der Waals surface area contributed by atoms with Crippen LogP contribution in [0.25, 0.3) is 0 Å². The van der Waals surface area contributed by atoms with Crippen LogP contribution in [-0.4, -0.2) is 61.5 Å². The van der Waals surface area contributed by atoms with Crippen LogP contribution in [0.5, 0.6) is 0 Å². The van der Waals surface area contributed by atoms with E-state index in [4.69, 9.17) is 23.7 Å². The molecule has 2 fully saturated rings. The van der Waals surface area contributed by atoms with E-state index in [9.17, 15) is 14.4 Å². The zero-order valence-electron chi connectivity index (χ0n) is 16.0. The molecule has 0 bridgehead atoms. The maximum absolute atomic E-state index is 12.2. The molecule has 2 heterocycles. The lowest BCUT2D eigenvalue weighted by Gasteiger charge is -2.33. The van der Waals surface area contributed by atoms with E-state index in [-0.39, 0.29) is 6.61 Å². The molecule has 152 valence electrons. The Kier molecular flexibility index (Phi) is 5.42. The molecular formula is C19H22O9. The Morgan fingerprint density at radius 3 is 2.36 bits per heavy atom. The quantitative estimate of drug-likeness (QED) is 0.423. The number of carbonyl (C=O) groups excluding carboxylic acids is 3. The van der Waals surface area contributed by atoms with Crippen molar-refractivity contribution in [1.82, 2.24) is 0 Å². The van der Waals surface area contributed by atoms with Gasteiger partial charge in [0.05, 0.1) is 12.7 Å². The molecule has 2 aliphatic heterocycles. The largest absolute Gasteiger partial charge is 0.461 e. The number of fused-ring (bicyclic) bond motifs is 1. The van der Waals surface area contributed by atoms with E-state index in [0.29, 0.717) is 5.56 Å². The van der Waals surface area contributed by atoms with Gasteiger partial charge in [-0.3, -0.25) is 0 Å². The summed E-state index contributed by atoms with van der Waals surface area (Å²) in [7, 11) is 1.07. The Balaban J connectivity index is 1.76. The lowest BCUT2D eigenvalue weighted by atomic mass is 9.94. The molecule has 1 aromatic rings. The Hall–Kier alpha value is -2.49. The highest BCUT2D eigenvalue weighted by atomic mass is 16.8. The standard InChI is InChI=1S/C19H22O9/c1-18(2)26-13-17(28-18)25-12(19(13,3)27-16(22)15(21)23-4)10-24-14(20)11-8-6-5-7-9-11/h5-9,12-13,17H,10H2,1-4H3/t12-,13+,17-,19-/m1/s1. The first-order chi connectivity index (χ1) is 13.2. The summed E-state index contributed by atoms with van der Waals surface area (Å²) < 4.78 is 32.3. The lowest BCUT2D eigenvalue weighted by molar-refractivity contribution is -0.237. The molecule has 2 saturated heterocycles. The van der Waals surface area contributed by atoms with Crippen molar-refractivity contribution in [2.75, 3.05) is 13.7 Å². The van der Waals surface area contributed by atoms with E-state index in [2.05, 4.69) is 4.74 Å². The third kappa shape index (κ3) is 3.87. The Labute approximate surface area is 161 Å². The molecule has 1 aromatic carbocycles. The second kappa shape index (κ2) is 7.50. The van der Waals surface area contributed by atoms with E-state index in [1.165, 1.54) is 6.92 Å². The fourth-order valence-corrected chi connectivity index (χ4v) is 3.16. The van der Waals surface area contributed by atoms with Crippen LogP contribution in [0.3, 0.4) is 0 Å². The van der Waals surface area contributed by atoms with E-state index >= 15 is 0 Å². The minimum absolute atomic E-state index is 0.237. The summed E-state index contributed by atoms with van der Waals surface area (Å²) in [5.41, 5.74) is -1.08. The van der Waals surface area contributed by atoms with Gasteiger partial charge in [-0.2, -0.15) is 0 Å². The molecule has 9 nitrogen and oxygen atoms in total. The molecule has 0 spiro atoms. The number of benzene rings is 1. The summed E-state index contributed by atoms with van der Waals surface area (Å²) in [5.74, 6) is -3.91. The van der Waals surface area contributed by atoms with Gasteiger partial charge in [-0.15, -0.1) is 0 Å². The van der Waals surface area contributed by atoms with Crippen LogP contribution in [-0.2, 0) is 38.0 Å². The third-order valence-corrected chi connectivity index (χ3v) is 4.60. The first-order valence-corrected chi connectivity index (χ1v) is 8.71. The number of methoxy groups -OCH3 is 1. The van der Waals surface area contributed by atoms with Gasteiger partial charge in [0.25, 0.3) is 0 Å². The predicted molar refractivity (Wildman–Crippen MR) is 91.9 cm³/mol. The summed E-state index contributed by atoms with van der Waals surface area (Å²) in [6, 6.07) is 8.41. The van der Waals surface area contributed by atoms with E-state index in [1.807, 2.05) is 0 Å². The maximum Gasteiger partial charge on any atom is 0.418 e. The van der Waals surface area contributed by atoms with Crippen molar-refractivity contribution in [1.29, 1.82) is 0 Å². The van der Waals surface area contributed by atoms with Crippen LogP contribution in [0.15, 0.2) is 30.3 Å². The molecule has 9 heteroatoms. The molecule has 2 aliphatic rings. The van der Waals surface area contributed by atoms with Gasteiger partial charge in [0, 0.05) is 0 Å². The van der Waals surface area contributed by atoms with E-state index in [0.717, 1.165) is 7.11 Å². The smallest absolute Gasteiger partial charge is 0.418 e. The van der Waals surface area contributed by atoms with Crippen molar-refractivity contribution in [2.45, 2.75) is 50.7 Å². The lowest BCUT2D eigenvalue weighted by Crippen LogP contribution is -2.52. The minimum Gasteiger partial charge on any atom is -0.461 e. The fourth-order valence-electron chi connectivity index (χ4n) is 3.16. The number of carbonyl (C=O) groups is 3. The average molecular weight is 394 g/mol. The van der Waals surface area contributed by atoms with E-state index in [1.54, 1.807) is 44.2 Å². The zero-order chi connectivity index (χ0) is 20.5. The van der Waals surface area contributed by atoms with Gasteiger partial charge in [0.15, 0.2) is 23.8 Å². The SMILES string of the molecule is COC(=O)C(=O)O[C@]1(C)[C@@H](COC(=O)c2ccccc2)O[C@@H]2OC(C)(C)O[C@@H]21. The van der Waals surface area contributed by atoms with E-state index < -0.39 is 47.8 Å². The molecule has 0 aliphatic carbocycles. The highest BCUT2D eigenvalue weighted by Crippen LogP contribution is 2.45. The molecule has 0 unspecified atom stereocenters. The van der Waals surface area contributed by atoms with Gasteiger partial charge in [0.1, 0.15) is 12.7 Å². The van der Waals surface area contributed by atoms with Crippen LogP contribution >= 0.6 is 0 Å². The summed E-state index contributed by atoms with van der Waals surface area (Å²) in [6.45, 7) is 4.66. The van der Waals surface area contributed by atoms with Crippen LogP contribution < -0.4 is 0 Å². The fraction of sp³-hybridized carbons (Fsp3) is 0.526. The monoisotopic (exact) mass is 394 g/mol. The van der Waals surface area contributed by atoms with Crippen molar-refractivity contribution < 1.29 is 42.8 Å². The normalized spacial score (nSPS) is 30.4. The second-order valence-corrected chi connectivity index (χ2v) is 7.08. The topological polar surface area (TPSA) is 107 Å². The van der Waals surface area contributed by atoms with Crippen molar-refractivity contribution in [3.8, 4) is 0 Å². The molecule has 3 rings (SSSR count). The predicted octanol–water partition coefficient (Wildman–Crippen LogP) is 1.19. The number of ether oxygens (including phenoxy) is 6. The van der Waals surface area contributed by atoms with Gasteiger partial charge in [-0.1, -0.05) is 18.2 Å². The highest BCUT2D eigenvalue weighted by Gasteiger charge is 2.64. The molecular weight excluding hydrogens is 372 g/mol. The van der Waals surface area contributed by atoms with Gasteiger partial charge in [-0.05, 0) is 32.9 Å². The molecule has 0 radical (unpaired) electrons. The summed E-state index contributed by atoms with van der Waals surface area (Å²) in [6.07, 6.45) is -2.60. The third-order valence-electron chi connectivity index (χ3n) is 4.60. The molecule has 0 saturated carbocycles. The number of hydrogen-bond acceptors (Lipinski definition) is 9. The summed E-state index contributed by atoms with van der Waals surface area (Å²) in [5, 5.41) is 0. The van der Waals surface area contributed by atoms with Crippen molar-refractivity contribution in [2.24, 2.45) is 0 Å². The van der Waals surface area contributed by atoms with Gasteiger partial charge >= 0.3 is 17.9 Å². The number of rotatable bonds is 4. The molecule has 28 heavy (non-hydrogen) atoms. The Morgan fingerprint density at radius 2 is 1.71 bits per heavy atom.